The molecule has 1 aliphatic rings. The van der Waals surface area contributed by atoms with Gasteiger partial charge in [0.05, 0.1) is 6.04 Å². The highest BCUT2D eigenvalue weighted by atomic mass is 32.1. The molecule has 0 saturated carbocycles. The van der Waals surface area contributed by atoms with E-state index in [1.165, 1.54) is 12.3 Å². The predicted molar refractivity (Wildman–Crippen MR) is 134 cm³/mol. The van der Waals surface area contributed by atoms with Crippen LogP contribution in [0.4, 0.5) is 0 Å². The molecule has 1 unspecified atom stereocenters. The summed E-state index contributed by atoms with van der Waals surface area (Å²) in [6.07, 6.45) is 3.72. The van der Waals surface area contributed by atoms with E-state index in [0.717, 1.165) is 29.1 Å². The molecule has 3 heterocycles. The molecule has 0 bridgehead atoms. The number of thiazole rings is 1. The summed E-state index contributed by atoms with van der Waals surface area (Å²) in [5.41, 5.74) is 6.59. The first-order valence-corrected chi connectivity index (χ1v) is 12.5. The summed E-state index contributed by atoms with van der Waals surface area (Å²) >= 11 is 1.56. The van der Waals surface area contributed by atoms with E-state index in [2.05, 4.69) is 20.8 Å². The third kappa shape index (κ3) is 5.74. The molecule has 2 N–H and O–H groups in total. The number of hydrazine groups is 1. The Morgan fingerprint density at radius 1 is 1.14 bits per heavy atom. The number of hydrogen-bond donors (Lipinski definition) is 2. The summed E-state index contributed by atoms with van der Waals surface area (Å²) in [7, 11) is 0. The van der Waals surface area contributed by atoms with Crippen LogP contribution < -0.4 is 10.9 Å². The zero-order chi connectivity index (χ0) is 25.0. The van der Waals surface area contributed by atoms with Gasteiger partial charge in [-0.2, -0.15) is 0 Å². The topological polar surface area (TPSA) is 104 Å². The van der Waals surface area contributed by atoms with Crippen LogP contribution in [0.1, 0.15) is 69.8 Å². The SMILES string of the molecule is Cc1csc(C2CCCN2C(=O)c2ccnc(C(=O)NNC(=O)C(C)(C)Cc3ccccc3)c2)n1. The second-order valence-electron chi connectivity index (χ2n) is 9.37. The average Bonchev–Trinajstić information content (AvgIpc) is 3.51. The quantitative estimate of drug-likeness (QED) is 0.510. The summed E-state index contributed by atoms with van der Waals surface area (Å²) in [5.74, 6) is -1.07. The summed E-state index contributed by atoms with van der Waals surface area (Å²) in [6.45, 7) is 6.21. The van der Waals surface area contributed by atoms with Crippen molar-refractivity contribution in [3.05, 3.63) is 81.6 Å². The van der Waals surface area contributed by atoms with Gasteiger partial charge in [-0.15, -0.1) is 11.3 Å². The van der Waals surface area contributed by atoms with Crippen LogP contribution in [-0.4, -0.2) is 39.1 Å². The van der Waals surface area contributed by atoms with Crippen molar-refractivity contribution in [2.45, 2.75) is 46.1 Å². The number of pyridine rings is 1. The van der Waals surface area contributed by atoms with E-state index in [-0.39, 0.29) is 23.6 Å². The predicted octanol–water partition coefficient (Wildman–Crippen LogP) is 3.85. The molecular formula is C26H29N5O3S. The Bertz CT molecular complexity index is 1220. The minimum atomic E-state index is -0.737. The van der Waals surface area contributed by atoms with Crippen LogP contribution in [0.3, 0.4) is 0 Å². The number of aromatic nitrogens is 2. The van der Waals surface area contributed by atoms with Crippen molar-refractivity contribution in [1.82, 2.24) is 25.7 Å². The zero-order valence-corrected chi connectivity index (χ0v) is 20.9. The molecule has 1 fully saturated rings. The van der Waals surface area contributed by atoms with Gasteiger partial charge >= 0.3 is 0 Å². The number of carbonyl (C=O) groups excluding carboxylic acids is 3. The fourth-order valence-electron chi connectivity index (χ4n) is 4.18. The molecule has 182 valence electrons. The lowest BCUT2D eigenvalue weighted by atomic mass is 9.85. The fourth-order valence-corrected chi connectivity index (χ4v) is 5.12. The van der Waals surface area contributed by atoms with E-state index >= 15 is 0 Å². The largest absolute Gasteiger partial charge is 0.329 e. The van der Waals surface area contributed by atoms with Crippen molar-refractivity contribution in [1.29, 1.82) is 0 Å². The van der Waals surface area contributed by atoms with E-state index in [1.54, 1.807) is 17.4 Å². The highest BCUT2D eigenvalue weighted by Crippen LogP contribution is 2.34. The van der Waals surface area contributed by atoms with Crippen LogP contribution in [0.25, 0.3) is 0 Å². The minimum absolute atomic E-state index is 0.0536. The minimum Gasteiger partial charge on any atom is -0.329 e. The van der Waals surface area contributed by atoms with Gasteiger partial charge in [0.1, 0.15) is 10.7 Å². The van der Waals surface area contributed by atoms with Gasteiger partial charge in [-0.1, -0.05) is 44.2 Å². The van der Waals surface area contributed by atoms with Crippen molar-refractivity contribution in [3.8, 4) is 0 Å². The molecule has 1 saturated heterocycles. The first kappa shape index (κ1) is 24.5. The number of nitrogens with one attached hydrogen (secondary N) is 2. The van der Waals surface area contributed by atoms with E-state index in [1.807, 2.05) is 61.4 Å². The van der Waals surface area contributed by atoms with Crippen molar-refractivity contribution in [2.24, 2.45) is 5.41 Å². The highest BCUT2D eigenvalue weighted by Gasteiger charge is 2.33. The number of nitrogens with zero attached hydrogens (tertiary/aromatic N) is 3. The molecule has 0 spiro atoms. The van der Waals surface area contributed by atoms with Crippen LogP contribution in [0.2, 0.25) is 0 Å². The van der Waals surface area contributed by atoms with E-state index in [0.29, 0.717) is 18.5 Å². The molecule has 1 atom stereocenters. The van der Waals surface area contributed by atoms with E-state index in [9.17, 15) is 14.4 Å². The molecule has 3 amide bonds. The van der Waals surface area contributed by atoms with Crippen LogP contribution >= 0.6 is 11.3 Å². The Kier molecular flexibility index (Phi) is 7.25. The molecule has 0 radical (unpaired) electrons. The maximum Gasteiger partial charge on any atom is 0.288 e. The lowest BCUT2D eigenvalue weighted by molar-refractivity contribution is -0.130. The zero-order valence-electron chi connectivity index (χ0n) is 20.1. The van der Waals surface area contributed by atoms with Gasteiger partial charge in [0.15, 0.2) is 0 Å². The molecule has 4 rings (SSSR count). The second kappa shape index (κ2) is 10.4. The van der Waals surface area contributed by atoms with E-state index in [4.69, 9.17) is 0 Å². The number of carbonyl (C=O) groups is 3. The number of aryl methyl sites for hydroxylation is 1. The lowest BCUT2D eigenvalue weighted by Crippen LogP contribution is -2.48. The van der Waals surface area contributed by atoms with Crippen molar-refractivity contribution in [2.75, 3.05) is 6.54 Å². The van der Waals surface area contributed by atoms with Crippen LogP contribution in [0, 0.1) is 12.3 Å². The first-order chi connectivity index (χ1) is 16.7. The van der Waals surface area contributed by atoms with Gasteiger partial charge in [0.2, 0.25) is 5.91 Å². The maximum absolute atomic E-state index is 13.3. The maximum atomic E-state index is 13.3. The average molecular weight is 492 g/mol. The Hall–Kier alpha value is -3.59. The summed E-state index contributed by atoms with van der Waals surface area (Å²) in [5, 5.41) is 2.92. The Morgan fingerprint density at radius 3 is 2.63 bits per heavy atom. The third-order valence-corrected chi connectivity index (χ3v) is 7.13. The number of benzene rings is 1. The Morgan fingerprint density at radius 2 is 1.91 bits per heavy atom. The lowest BCUT2D eigenvalue weighted by Gasteiger charge is -2.24. The fraction of sp³-hybridized carbons (Fsp3) is 0.346. The second-order valence-corrected chi connectivity index (χ2v) is 10.3. The van der Waals surface area contributed by atoms with Crippen molar-refractivity contribution >= 4 is 29.1 Å². The van der Waals surface area contributed by atoms with Gasteiger partial charge in [0.25, 0.3) is 11.8 Å². The summed E-state index contributed by atoms with van der Waals surface area (Å²) in [4.78, 5) is 49.1. The Balaban J connectivity index is 1.39. The number of hydrogen-bond acceptors (Lipinski definition) is 6. The van der Waals surface area contributed by atoms with Gasteiger partial charge in [-0.3, -0.25) is 30.2 Å². The highest BCUT2D eigenvalue weighted by molar-refractivity contribution is 7.09. The molecule has 1 aliphatic heterocycles. The van der Waals surface area contributed by atoms with Crippen LogP contribution in [0.5, 0.6) is 0 Å². The Labute approximate surface area is 208 Å². The monoisotopic (exact) mass is 491 g/mol. The standard InChI is InChI=1S/C26H29N5O3S/c1-17-16-35-23(28-17)21-10-7-13-31(21)24(33)19-11-12-27-20(14-19)22(32)29-30-25(34)26(2,3)15-18-8-5-4-6-9-18/h4-6,8-9,11-12,14,16,21H,7,10,13,15H2,1-3H3,(H,29,32)(H,30,34). The van der Waals surface area contributed by atoms with Gasteiger partial charge < -0.3 is 4.90 Å². The molecule has 9 heteroatoms. The van der Waals surface area contributed by atoms with Gasteiger partial charge in [0, 0.05) is 34.8 Å². The van der Waals surface area contributed by atoms with Gasteiger partial charge in [-0.05, 0) is 43.9 Å². The third-order valence-electron chi connectivity index (χ3n) is 6.07. The number of likely N-dealkylation sites (tertiary alicyclic amines) is 1. The van der Waals surface area contributed by atoms with Crippen LogP contribution in [-0.2, 0) is 11.2 Å². The summed E-state index contributed by atoms with van der Waals surface area (Å²) in [6, 6.07) is 12.7. The first-order valence-electron chi connectivity index (χ1n) is 11.6. The normalized spacial score (nSPS) is 15.6. The number of amides is 3. The van der Waals surface area contributed by atoms with Gasteiger partial charge in [-0.25, -0.2) is 4.98 Å². The molecule has 3 aromatic rings. The van der Waals surface area contributed by atoms with Crippen molar-refractivity contribution in [3.63, 3.8) is 0 Å². The van der Waals surface area contributed by atoms with Crippen molar-refractivity contribution < 1.29 is 14.4 Å². The smallest absolute Gasteiger partial charge is 0.288 e. The van der Waals surface area contributed by atoms with E-state index < -0.39 is 11.3 Å². The molecule has 2 aromatic heterocycles. The molecule has 35 heavy (non-hydrogen) atoms. The summed E-state index contributed by atoms with van der Waals surface area (Å²) < 4.78 is 0. The molecule has 8 nitrogen and oxygen atoms in total. The molecular weight excluding hydrogens is 462 g/mol. The molecule has 1 aromatic carbocycles. The van der Waals surface area contributed by atoms with Crippen LogP contribution in [0.15, 0.2) is 54.0 Å². The molecule has 0 aliphatic carbocycles. The number of rotatable bonds is 6.